The molecule has 1 aromatic heterocycles. The number of imidazole rings is 1. The van der Waals surface area contributed by atoms with E-state index in [1.54, 1.807) is 19.3 Å². The maximum Gasteiger partial charge on any atom is 0.101 e. The summed E-state index contributed by atoms with van der Waals surface area (Å²) in [6, 6.07) is 8.95. The van der Waals surface area contributed by atoms with Crippen LogP contribution < -0.4 is 5.32 Å². The summed E-state index contributed by atoms with van der Waals surface area (Å²) in [5.41, 5.74) is 3.31. The molecule has 4 aliphatic carbocycles. The third-order valence-corrected chi connectivity index (χ3v) is 6.86. The molecule has 1 aromatic carbocycles. The van der Waals surface area contributed by atoms with E-state index in [0.717, 1.165) is 24.3 Å². The summed E-state index contributed by atoms with van der Waals surface area (Å²) in [7, 11) is 0. The summed E-state index contributed by atoms with van der Waals surface area (Å²) in [4.78, 5) is 4.12. The Hall–Kier alpha value is -1.61. The molecular weight excluding hydrogens is 294 g/mol. The van der Waals surface area contributed by atoms with Crippen LogP contribution in [0.15, 0.2) is 43.0 Å². The molecule has 3 nitrogen and oxygen atoms in total. The molecule has 2 N–H and O–H groups in total. The van der Waals surface area contributed by atoms with E-state index in [1.807, 2.05) is 18.7 Å². The molecule has 0 amide bonds. The van der Waals surface area contributed by atoms with Crippen molar-refractivity contribution < 1.29 is 5.32 Å². The van der Waals surface area contributed by atoms with Gasteiger partial charge in [0.25, 0.3) is 0 Å². The fourth-order valence-corrected chi connectivity index (χ4v) is 6.30. The Morgan fingerprint density at radius 3 is 2.25 bits per heavy atom. The maximum atomic E-state index is 4.12. The molecule has 4 bridgehead atoms. The molecule has 3 heteroatoms. The molecule has 0 unspecified atom stereocenters. The molecule has 4 aliphatic rings. The van der Waals surface area contributed by atoms with Gasteiger partial charge in [0.15, 0.2) is 0 Å². The lowest BCUT2D eigenvalue weighted by Gasteiger charge is -2.56. The van der Waals surface area contributed by atoms with Crippen LogP contribution in [0.3, 0.4) is 0 Å². The molecule has 0 radical (unpaired) electrons. The molecule has 6 rings (SSSR count). The highest BCUT2D eigenvalue weighted by molar-refractivity contribution is 5.34. The number of hydrogen-bond acceptors (Lipinski definition) is 1. The topological polar surface area (TPSA) is 34.4 Å². The van der Waals surface area contributed by atoms with Crippen LogP contribution in [0, 0.1) is 23.2 Å². The van der Waals surface area contributed by atoms with E-state index in [1.165, 1.54) is 37.1 Å². The lowest BCUT2D eigenvalue weighted by atomic mass is 9.49. The Morgan fingerprint density at radius 1 is 1.00 bits per heavy atom. The van der Waals surface area contributed by atoms with Crippen molar-refractivity contribution >= 4 is 0 Å². The van der Waals surface area contributed by atoms with Crippen LogP contribution >= 0.6 is 0 Å². The van der Waals surface area contributed by atoms with Crippen molar-refractivity contribution in [3.8, 4) is 5.69 Å². The van der Waals surface area contributed by atoms with Crippen molar-refractivity contribution in [3.63, 3.8) is 0 Å². The number of nitrogens with zero attached hydrogens (tertiary/aromatic N) is 2. The van der Waals surface area contributed by atoms with Crippen molar-refractivity contribution in [1.29, 1.82) is 0 Å². The van der Waals surface area contributed by atoms with E-state index in [9.17, 15) is 0 Å². The van der Waals surface area contributed by atoms with Gasteiger partial charge in [-0.25, -0.2) is 4.98 Å². The second kappa shape index (κ2) is 5.73. The first-order valence-electron chi connectivity index (χ1n) is 9.67. The summed E-state index contributed by atoms with van der Waals surface area (Å²) in [6.07, 6.45) is 14.9. The Morgan fingerprint density at radius 2 is 1.67 bits per heavy atom. The van der Waals surface area contributed by atoms with Gasteiger partial charge < -0.3 is 9.88 Å². The molecule has 0 saturated heterocycles. The van der Waals surface area contributed by atoms with E-state index in [4.69, 9.17) is 0 Å². The molecule has 0 atom stereocenters. The van der Waals surface area contributed by atoms with Crippen LogP contribution in [-0.4, -0.2) is 16.1 Å². The van der Waals surface area contributed by atoms with Gasteiger partial charge in [-0.3, -0.25) is 0 Å². The third kappa shape index (κ3) is 2.69. The van der Waals surface area contributed by atoms with Gasteiger partial charge in [0.05, 0.1) is 12.9 Å². The number of benzene rings is 1. The summed E-state index contributed by atoms with van der Waals surface area (Å²) in [5.74, 6) is 3.21. The van der Waals surface area contributed by atoms with Gasteiger partial charge in [-0.1, -0.05) is 12.1 Å². The Labute approximate surface area is 144 Å². The molecular formula is C21H28N3+. The average Bonchev–Trinajstić information content (AvgIpc) is 3.08. The number of quaternary nitrogens is 1. The lowest BCUT2D eigenvalue weighted by molar-refractivity contribution is -0.684. The molecule has 2 aromatic rings. The zero-order valence-electron chi connectivity index (χ0n) is 14.4. The highest BCUT2D eigenvalue weighted by Gasteiger charge is 2.51. The fourth-order valence-electron chi connectivity index (χ4n) is 6.30. The summed E-state index contributed by atoms with van der Waals surface area (Å²) >= 11 is 0. The second-order valence-electron chi connectivity index (χ2n) is 8.75. The number of aromatic nitrogens is 2. The Bertz CT molecular complexity index is 651. The van der Waals surface area contributed by atoms with Crippen LogP contribution in [0.2, 0.25) is 0 Å². The molecule has 24 heavy (non-hydrogen) atoms. The van der Waals surface area contributed by atoms with Gasteiger partial charge in [-0.05, 0) is 68.4 Å². The van der Waals surface area contributed by atoms with Crippen LogP contribution in [0.1, 0.15) is 44.1 Å². The Balaban J connectivity index is 1.20. The van der Waals surface area contributed by atoms with E-state index in [2.05, 4.69) is 39.1 Å². The summed E-state index contributed by atoms with van der Waals surface area (Å²) in [6.45, 7) is 2.46. The smallest absolute Gasteiger partial charge is 0.101 e. The SMILES string of the molecule is c1cn(-c2ccc(C[NH2+]CC34CC5CC(CC(C5)C3)C4)cc2)cn1. The highest BCUT2D eigenvalue weighted by Crippen LogP contribution is 2.59. The highest BCUT2D eigenvalue weighted by atomic mass is 15.0. The summed E-state index contributed by atoms with van der Waals surface area (Å²) < 4.78 is 2.06. The third-order valence-electron chi connectivity index (χ3n) is 6.86. The van der Waals surface area contributed by atoms with E-state index >= 15 is 0 Å². The predicted molar refractivity (Wildman–Crippen MR) is 94.7 cm³/mol. The van der Waals surface area contributed by atoms with Crippen molar-refractivity contribution in [2.45, 2.75) is 45.1 Å². The normalized spacial score (nSPS) is 33.9. The van der Waals surface area contributed by atoms with Crippen LogP contribution in [0.5, 0.6) is 0 Å². The quantitative estimate of drug-likeness (QED) is 0.901. The van der Waals surface area contributed by atoms with Gasteiger partial charge in [0, 0.05) is 29.1 Å². The molecule has 4 saturated carbocycles. The van der Waals surface area contributed by atoms with Crippen molar-refractivity contribution in [3.05, 3.63) is 48.5 Å². The minimum atomic E-state index is 0.686. The monoisotopic (exact) mass is 322 g/mol. The number of nitrogens with two attached hydrogens (primary N) is 1. The maximum absolute atomic E-state index is 4.12. The average molecular weight is 322 g/mol. The van der Waals surface area contributed by atoms with Crippen molar-refractivity contribution in [2.24, 2.45) is 23.2 Å². The lowest BCUT2D eigenvalue weighted by Crippen LogP contribution is -2.86. The molecule has 0 spiro atoms. The summed E-state index contributed by atoms with van der Waals surface area (Å²) in [5, 5.41) is 2.58. The van der Waals surface area contributed by atoms with Crippen molar-refractivity contribution in [1.82, 2.24) is 9.55 Å². The number of rotatable bonds is 5. The van der Waals surface area contributed by atoms with Gasteiger partial charge in [-0.15, -0.1) is 0 Å². The van der Waals surface area contributed by atoms with E-state index in [-0.39, 0.29) is 0 Å². The zero-order chi connectivity index (χ0) is 16.0. The largest absolute Gasteiger partial charge is 0.342 e. The molecule has 4 fully saturated rings. The molecule has 1 heterocycles. The van der Waals surface area contributed by atoms with E-state index in [0.29, 0.717) is 5.41 Å². The first-order valence-corrected chi connectivity index (χ1v) is 9.67. The first kappa shape index (κ1) is 14.7. The number of hydrogen-bond donors (Lipinski definition) is 1. The minimum Gasteiger partial charge on any atom is -0.342 e. The van der Waals surface area contributed by atoms with Crippen LogP contribution in [0.4, 0.5) is 0 Å². The van der Waals surface area contributed by atoms with Crippen LogP contribution in [-0.2, 0) is 6.54 Å². The van der Waals surface area contributed by atoms with Gasteiger partial charge >= 0.3 is 0 Å². The van der Waals surface area contributed by atoms with Gasteiger partial charge in [-0.2, -0.15) is 0 Å². The second-order valence-corrected chi connectivity index (χ2v) is 8.75. The van der Waals surface area contributed by atoms with E-state index < -0.39 is 0 Å². The standard InChI is InChI=1S/C21H27N3/c1-3-20(24-6-5-22-15-24)4-2-16(1)13-23-14-21-10-17-7-18(11-21)9-19(8-17)12-21/h1-6,15,17-19,23H,7-14H2/p+1. The Kier molecular flexibility index (Phi) is 3.51. The van der Waals surface area contributed by atoms with Crippen LogP contribution in [0.25, 0.3) is 5.69 Å². The first-order chi connectivity index (χ1) is 11.8. The molecule has 126 valence electrons. The molecule has 0 aliphatic heterocycles. The zero-order valence-corrected chi connectivity index (χ0v) is 14.4. The van der Waals surface area contributed by atoms with Gasteiger partial charge in [0.1, 0.15) is 6.54 Å². The predicted octanol–water partition coefficient (Wildman–Crippen LogP) is 3.15. The fraction of sp³-hybridized carbons (Fsp3) is 0.571. The van der Waals surface area contributed by atoms with Gasteiger partial charge in [0.2, 0.25) is 0 Å². The van der Waals surface area contributed by atoms with Crippen molar-refractivity contribution in [2.75, 3.05) is 6.54 Å². The minimum absolute atomic E-state index is 0.686.